The fourth-order valence-electron chi connectivity index (χ4n) is 2.97. The average molecular weight is 395 g/mol. The molecule has 0 spiro atoms. The number of nitrogens with zero attached hydrogens (tertiary/aromatic N) is 3. The van der Waals surface area contributed by atoms with E-state index in [0.717, 1.165) is 16.6 Å². The van der Waals surface area contributed by atoms with E-state index in [4.69, 9.17) is 4.74 Å². The van der Waals surface area contributed by atoms with Gasteiger partial charge in [0.05, 0.1) is 5.52 Å². The number of hydrogen-bond donors (Lipinski definition) is 2. The highest BCUT2D eigenvalue weighted by molar-refractivity contribution is 5.98. The molecule has 2 aromatic carbocycles. The third-order valence-corrected chi connectivity index (χ3v) is 4.54. The Hall–Kier alpha value is -3.42. The predicted octanol–water partition coefficient (Wildman–Crippen LogP) is 2.72. The molecule has 0 aliphatic carbocycles. The average Bonchev–Trinajstić information content (AvgIpc) is 3.12. The van der Waals surface area contributed by atoms with Crippen molar-refractivity contribution in [2.75, 3.05) is 6.61 Å². The van der Waals surface area contributed by atoms with Crippen molar-refractivity contribution in [3.8, 4) is 5.75 Å². The van der Waals surface area contributed by atoms with Gasteiger partial charge in [0.25, 0.3) is 11.8 Å². The van der Waals surface area contributed by atoms with E-state index < -0.39 is 11.8 Å². The van der Waals surface area contributed by atoms with E-state index in [1.165, 1.54) is 0 Å². The summed E-state index contributed by atoms with van der Waals surface area (Å²) in [5, 5.41) is 8.06. The van der Waals surface area contributed by atoms with E-state index in [1.807, 2.05) is 32.0 Å². The first-order chi connectivity index (χ1) is 13.9. The molecule has 0 atom stereocenters. The van der Waals surface area contributed by atoms with Crippen LogP contribution in [0.4, 0.5) is 0 Å². The zero-order valence-corrected chi connectivity index (χ0v) is 17.0. The number of hydrogen-bond acceptors (Lipinski definition) is 5. The molecular formula is C21H25N5O3. The maximum atomic E-state index is 12.3. The monoisotopic (exact) mass is 395 g/mol. The molecule has 0 bridgehead atoms. The molecule has 8 heteroatoms. The van der Waals surface area contributed by atoms with Crippen LogP contribution in [0.2, 0.25) is 0 Å². The normalized spacial score (nSPS) is 10.9. The van der Waals surface area contributed by atoms with E-state index in [1.54, 1.807) is 22.9 Å². The molecule has 1 aromatic heterocycles. The van der Waals surface area contributed by atoms with Crippen molar-refractivity contribution < 1.29 is 14.3 Å². The smallest absolute Gasteiger partial charge is 0.276 e. The molecular weight excluding hydrogens is 370 g/mol. The Morgan fingerprint density at radius 3 is 2.66 bits per heavy atom. The number of benzene rings is 2. The van der Waals surface area contributed by atoms with Crippen LogP contribution >= 0.6 is 0 Å². The summed E-state index contributed by atoms with van der Waals surface area (Å²) >= 11 is 0. The minimum absolute atomic E-state index is 0.201. The van der Waals surface area contributed by atoms with Crippen LogP contribution in [0.5, 0.6) is 5.75 Å². The van der Waals surface area contributed by atoms with Crippen molar-refractivity contribution in [2.24, 2.45) is 0 Å². The Balaban J connectivity index is 1.57. The van der Waals surface area contributed by atoms with E-state index in [-0.39, 0.29) is 12.5 Å². The summed E-state index contributed by atoms with van der Waals surface area (Å²) in [6.45, 7) is 8.55. The number of carbonyl (C=O) groups is 2. The molecule has 0 saturated heterocycles. The molecule has 152 valence electrons. The number of ether oxygens (including phenoxy) is 1. The molecule has 0 saturated carbocycles. The molecule has 3 rings (SSSR count). The molecule has 29 heavy (non-hydrogen) atoms. The Labute approximate surface area is 169 Å². The molecule has 2 N–H and O–H groups in total. The van der Waals surface area contributed by atoms with E-state index in [9.17, 15) is 9.59 Å². The van der Waals surface area contributed by atoms with Crippen molar-refractivity contribution in [1.82, 2.24) is 25.8 Å². The number of amides is 2. The fourth-order valence-corrected chi connectivity index (χ4v) is 2.97. The van der Waals surface area contributed by atoms with Gasteiger partial charge in [0, 0.05) is 12.1 Å². The first-order valence-electron chi connectivity index (χ1n) is 9.54. The largest absolute Gasteiger partial charge is 0.483 e. The van der Waals surface area contributed by atoms with Crippen LogP contribution < -0.4 is 15.6 Å². The van der Waals surface area contributed by atoms with Crippen molar-refractivity contribution >= 4 is 22.8 Å². The van der Waals surface area contributed by atoms with E-state index in [0.29, 0.717) is 23.4 Å². The molecule has 0 aliphatic heterocycles. The highest BCUT2D eigenvalue weighted by Crippen LogP contribution is 2.27. The number of fused-ring (bicyclic) bond motifs is 1. The molecule has 3 aromatic rings. The van der Waals surface area contributed by atoms with Crippen LogP contribution in [0, 0.1) is 6.92 Å². The standard InChI is InChI=1S/C21H25N5O3/c1-5-26-18-9-7-15(11-17(18)22-25-26)21(28)24-23-20(27)12-29-19-10-14(4)6-8-16(19)13(2)3/h6-11,13H,5,12H2,1-4H3,(H,23,27)(H,24,28). The van der Waals surface area contributed by atoms with Crippen LogP contribution in [0.25, 0.3) is 11.0 Å². The lowest BCUT2D eigenvalue weighted by Gasteiger charge is -2.15. The third-order valence-electron chi connectivity index (χ3n) is 4.54. The summed E-state index contributed by atoms with van der Waals surface area (Å²) in [7, 11) is 0. The van der Waals surface area contributed by atoms with Gasteiger partial charge in [-0.05, 0) is 55.2 Å². The SMILES string of the molecule is CCn1nnc2cc(C(=O)NNC(=O)COc3cc(C)ccc3C(C)C)ccc21. The van der Waals surface area contributed by atoms with Crippen molar-refractivity contribution in [2.45, 2.75) is 40.2 Å². The highest BCUT2D eigenvalue weighted by Gasteiger charge is 2.13. The first kappa shape index (κ1) is 20.3. The van der Waals surface area contributed by atoms with Crippen LogP contribution in [0.1, 0.15) is 48.2 Å². The first-order valence-corrected chi connectivity index (χ1v) is 9.54. The van der Waals surface area contributed by atoms with Gasteiger partial charge in [-0.1, -0.05) is 31.2 Å². The van der Waals surface area contributed by atoms with Gasteiger partial charge < -0.3 is 4.74 Å². The van der Waals surface area contributed by atoms with Crippen molar-refractivity contribution in [3.05, 3.63) is 53.1 Å². The highest BCUT2D eigenvalue weighted by atomic mass is 16.5. The zero-order valence-electron chi connectivity index (χ0n) is 17.0. The lowest BCUT2D eigenvalue weighted by Crippen LogP contribution is -2.43. The number of aromatic nitrogens is 3. The topological polar surface area (TPSA) is 98.1 Å². The molecule has 0 unspecified atom stereocenters. The molecule has 2 amide bonds. The Kier molecular flexibility index (Phi) is 6.11. The number of aryl methyl sites for hydroxylation is 2. The van der Waals surface area contributed by atoms with Gasteiger partial charge in [0.1, 0.15) is 11.3 Å². The second-order valence-electron chi connectivity index (χ2n) is 7.10. The summed E-state index contributed by atoms with van der Waals surface area (Å²) in [4.78, 5) is 24.4. The minimum Gasteiger partial charge on any atom is -0.483 e. The third kappa shape index (κ3) is 4.71. The number of hydrazine groups is 1. The maximum Gasteiger partial charge on any atom is 0.276 e. The molecule has 0 fully saturated rings. The van der Waals surface area contributed by atoms with Crippen molar-refractivity contribution in [3.63, 3.8) is 0 Å². The van der Waals surface area contributed by atoms with Gasteiger partial charge in [-0.3, -0.25) is 20.4 Å². The molecule has 0 aliphatic rings. The van der Waals surface area contributed by atoms with Crippen LogP contribution in [0.3, 0.4) is 0 Å². The van der Waals surface area contributed by atoms with Gasteiger partial charge >= 0.3 is 0 Å². The van der Waals surface area contributed by atoms with Gasteiger partial charge in [-0.15, -0.1) is 5.10 Å². The van der Waals surface area contributed by atoms with Gasteiger partial charge in [0.15, 0.2) is 6.61 Å². The predicted molar refractivity (Wildman–Crippen MR) is 110 cm³/mol. The number of nitrogens with one attached hydrogen (secondary N) is 2. The Bertz CT molecular complexity index is 1040. The molecule has 0 radical (unpaired) electrons. The summed E-state index contributed by atoms with van der Waals surface area (Å²) in [5.74, 6) is 0.0529. The lowest BCUT2D eigenvalue weighted by atomic mass is 10.0. The fraction of sp³-hybridized carbons (Fsp3) is 0.333. The maximum absolute atomic E-state index is 12.3. The Morgan fingerprint density at radius 1 is 1.14 bits per heavy atom. The number of rotatable bonds is 6. The van der Waals surface area contributed by atoms with Gasteiger partial charge in [-0.25, -0.2) is 4.68 Å². The van der Waals surface area contributed by atoms with Crippen LogP contribution in [-0.4, -0.2) is 33.4 Å². The van der Waals surface area contributed by atoms with Crippen LogP contribution in [0.15, 0.2) is 36.4 Å². The quantitative estimate of drug-likeness (QED) is 0.626. The second kappa shape index (κ2) is 8.72. The summed E-state index contributed by atoms with van der Waals surface area (Å²) in [6, 6.07) is 11.0. The van der Waals surface area contributed by atoms with E-state index >= 15 is 0 Å². The van der Waals surface area contributed by atoms with Gasteiger partial charge in [-0.2, -0.15) is 0 Å². The zero-order chi connectivity index (χ0) is 21.0. The summed E-state index contributed by atoms with van der Waals surface area (Å²) in [6.07, 6.45) is 0. The molecule has 1 heterocycles. The Morgan fingerprint density at radius 2 is 1.93 bits per heavy atom. The minimum atomic E-state index is -0.451. The van der Waals surface area contributed by atoms with Crippen molar-refractivity contribution in [1.29, 1.82) is 0 Å². The lowest BCUT2D eigenvalue weighted by molar-refractivity contribution is -0.123. The van der Waals surface area contributed by atoms with Crippen LogP contribution in [-0.2, 0) is 11.3 Å². The molecule has 8 nitrogen and oxygen atoms in total. The summed E-state index contributed by atoms with van der Waals surface area (Å²) < 4.78 is 7.41. The van der Waals surface area contributed by atoms with Gasteiger partial charge in [0.2, 0.25) is 0 Å². The van der Waals surface area contributed by atoms with E-state index in [2.05, 4.69) is 35.0 Å². The second-order valence-corrected chi connectivity index (χ2v) is 7.10. The summed E-state index contributed by atoms with van der Waals surface area (Å²) in [5.41, 5.74) is 8.69. The number of carbonyl (C=O) groups excluding carboxylic acids is 2.